The first-order valence-electron chi connectivity index (χ1n) is 9.48. The van der Waals surface area contributed by atoms with E-state index in [0.717, 1.165) is 43.3 Å². The van der Waals surface area contributed by atoms with Crippen molar-refractivity contribution in [3.63, 3.8) is 0 Å². The molecule has 0 spiro atoms. The van der Waals surface area contributed by atoms with Gasteiger partial charge in [-0.3, -0.25) is 9.59 Å². The number of rotatable bonds is 5. The average molecular weight is 351 g/mol. The van der Waals surface area contributed by atoms with Crippen LogP contribution in [0.5, 0.6) is 0 Å². The van der Waals surface area contributed by atoms with E-state index in [4.69, 9.17) is 0 Å². The van der Waals surface area contributed by atoms with Gasteiger partial charge >= 0.3 is 0 Å². The molecule has 2 aromatic rings. The molecule has 1 fully saturated rings. The quantitative estimate of drug-likeness (QED) is 0.774. The van der Waals surface area contributed by atoms with Crippen molar-refractivity contribution in [1.82, 2.24) is 15.6 Å². The molecule has 3 N–H and O–H groups in total. The second-order valence-corrected chi connectivity index (χ2v) is 7.47. The second kappa shape index (κ2) is 6.98. The molecule has 2 aliphatic rings. The lowest BCUT2D eigenvalue weighted by Crippen LogP contribution is -2.48. The topological polar surface area (TPSA) is 74.0 Å². The summed E-state index contributed by atoms with van der Waals surface area (Å²) in [5.74, 6) is 0.172. The van der Waals surface area contributed by atoms with E-state index in [1.807, 2.05) is 24.4 Å². The number of hydrogen-bond acceptors (Lipinski definition) is 2. The van der Waals surface area contributed by atoms with Crippen LogP contribution in [0.25, 0.3) is 10.9 Å². The third kappa shape index (κ3) is 3.26. The van der Waals surface area contributed by atoms with Crippen LogP contribution in [0, 0.1) is 5.41 Å². The molecule has 5 heteroatoms. The number of aromatic nitrogens is 1. The number of benzene rings is 1. The normalized spacial score (nSPS) is 22.5. The highest BCUT2D eigenvalue weighted by molar-refractivity contribution is 5.84. The van der Waals surface area contributed by atoms with Crippen LogP contribution < -0.4 is 10.6 Å². The number of allylic oxidation sites excluding steroid dienone is 1. The van der Waals surface area contributed by atoms with Gasteiger partial charge in [-0.15, -0.1) is 0 Å². The summed E-state index contributed by atoms with van der Waals surface area (Å²) >= 11 is 0. The minimum atomic E-state index is -0.0808. The van der Waals surface area contributed by atoms with Crippen molar-refractivity contribution in [2.75, 3.05) is 6.54 Å². The zero-order chi connectivity index (χ0) is 18.0. The smallest absolute Gasteiger partial charge is 0.224 e. The summed E-state index contributed by atoms with van der Waals surface area (Å²) in [6.45, 7) is 0.617. The third-order valence-electron chi connectivity index (χ3n) is 5.80. The number of aromatic amines is 1. The Labute approximate surface area is 153 Å². The van der Waals surface area contributed by atoms with Crippen molar-refractivity contribution >= 4 is 22.7 Å². The van der Waals surface area contributed by atoms with E-state index in [1.165, 1.54) is 10.9 Å². The second-order valence-electron chi connectivity index (χ2n) is 7.47. The number of nitrogens with one attached hydrogen (secondary N) is 3. The van der Waals surface area contributed by atoms with Crippen molar-refractivity contribution in [2.45, 2.75) is 44.9 Å². The highest BCUT2D eigenvalue weighted by Crippen LogP contribution is 2.42. The Morgan fingerprint density at radius 2 is 2.12 bits per heavy atom. The van der Waals surface area contributed by atoms with Crippen molar-refractivity contribution < 1.29 is 9.59 Å². The Morgan fingerprint density at radius 3 is 3.04 bits per heavy atom. The van der Waals surface area contributed by atoms with Crippen LogP contribution >= 0.6 is 0 Å². The van der Waals surface area contributed by atoms with E-state index in [2.05, 4.69) is 27.8 Å². The van der Waals surface area contributed by atoms with Crippen LogP contribution in [0.2, 0.25) is 0 Å². The number of amides is 2. The van der Waals surface area contributed by atoms with Crippen LogP contribution in [-0.2, 0) is 16.0 Å². The number of para-hydroxylation sites is 1. The molecular formula is C21H25N3O2. The molecule has 1 atom stereocenters. The molecule has 5 nitrogen and oxygen atoms in total. The first-order valence-corrected chi connectivity index (χ1v) is 9.48. The van der Waals surface area contributed by atoms with Crippen LogP contribution in [0.1, 0.15) is 44.1 Å². The molecule has 1 aliphatic carbocycles. The molecule has 0 radical (unpaired) electrons. The highest BCUT2D eigenvalue weighted by atomic mass is 16.2. The summed E-state index contributed by atoms with van der Waals surface area (Å²) in [6.07, 6.45) is 9.85. The third-order valence-corrected chi connectivity index (χ3v) is 5.80. The van der Waals surface area contributed by atoms with Crippen molar-refractivity contribution in [3.8, 4) is 0 Å². The first kappa shape index (κ1) is 16.9. The molecule has 1 unspecified atom stereocenters. The van der Waals surface area contributed by atoms with Crippen LogP contribution in [0.15, 0.2) is 42.2 Å². The van der Waals surface area contributed by atoms with Gasteiger partial charge in [0.05, 0.1) is 0 Å². The highest BCUT2D eigenvalue weighted by Gasteiger charge is 2.40. The van der Waals surface area contributed by atoms with Gasteiger partial charge in [0.25, 0.3) is 0 Å². The van der Waals surface area contributed by atoms with Crippen molar-refractivity contribution in [3.05, 3.63) is 47.8 Å². The van der Waals surface area contributed by atoms with E-state index in [1.54, 1.807) is 0 Å². The van der Waals surface area contributed by atoms with Gasteiger partial charge in [0.1, 0.15) is 0 Å². The Morgan fingerprint density at radius 1 is 1.23 bits per heavy atom. The molecule has 2 amide bonds. The summed E-state index contributed by atoms with van der Waals surface area (Å²) < 4.78 is 0. The molecule has 0 bridgehead atoms. The van der Waals surface area contributed by atoms with E-state index in [-0.39, 0.29) is 17.2 Å². The van der Waals surface area contributed by atoms with Gasteiger partial charge in [0.2, 0.25) is 11.8 Å². The molecule has 1 aromatic carbocycles. The predicted molar refractivity (Wildman–Crippen MR) is 101 cm³/mol. The lowest BCUT2D eigenvalue weighted by molar-refractivity contribution is -0.123. The Hall–Kier alpha value is -2.56. The van der Waals surface area contributed by atoms with Crippen LogP contribution in [0.4, 0.5) is 0 Å². The lowest BCUT2D eigenvalue weighted by atomic mass is 9.70. The standard InChI is InChI=1S/C21H25N3O2/c25-19(9-8-15-13-22-17-6-2-1-5-16(15)17)23-14-21-11-4-3-7-18(21)24-20(26)10-12-21/h1-2,5-7,13,22H,3-4,8-12,14H2,(H,23,25)(H,24,26). The number of fused-ring (bicyclic) bond motifs is 2. The van der Waals surface area contributed by atoms with Crippen molar-refractivity contribution in [1.29, 1.82) is 0 Å². The van der Waals surface area contributed by atoms with Gasteiger partial charge in [-0.1, -0.05) is 24.3 Å². The Bertz CT molecular complexity index is 867. The molecule has 1 aromatic heterocycles. The maximum atomic E-state index is 12.4. The molecule has 26 heavy (non-hydrogen) atoms. The Balaban J connectivity index is 1.36. The fraction of sp³-hybridized carbons (Fsp3) is 0.429. The van der Waals surface area contributed by atoms with Gasteiger partial charge in [-0.2, -0.15) is 0 Å². The Kier molecular flexibility index (Phi) is 4.53. The monoisotopic (exact) mass is 351 g/mol. The molecule has 0 saturated carbocycles. The first-order chi connectivity index (χ1) is 12.7. The summed E-state index contributed by atoms with van der Waals surface area (Å²) in [4.78, 5) is 27.4. The van der Waals surface area contributed by atoms with Gasteiger partial charge in [0, 0.05) is 47.6 Å². The number of carbonyl (C=O) groups excluding carboxylic acids is 2. The maximum Gasteiger partial charge on any atom is 0.224 e. The summed E-state index contributed by atoms with van der Waals surface area (Å²) in [6, 6.07) is 8.16. The average Bonchev–Trinajstić information content (AvgIpc) is 3.08. The fourth-order valence-corrected chi connectivity index (χ4v) is 4.26. The van der Waals surface area contributed by atoms with Crippen LogP contribution in [0.3, 0.4) is 0 Å². The van der Waals surface area contributed by atoms with Gasteiger partial charge in [-0.05, 0) is 43.7 Å². The van der Waals surface area contributed by atoms with E-state index in [0.29, 0.717) is 19.4 Å². The summed E-state index contributed by atoms with van der Waals surface area (Å²) in [5.41, 5.74) is 3.23. The minimum absolute atomic E-state index is 0.0754. The molecule has 4 rings (SSSR count). The van der Waals surface area contributed by atoms with E-state index >= 15 is 0 Å². The largest absolute Gasteiger partial charge is 0.361 e. The van der Waals surface area contributed by atoms with E-state index < -0.39 is 0 Å². The van der Waals surface area contributed by atoms with Crippen LogP contribution in [-0.4, -0.2) is 23.3 Å². The molecule has 1 aliphatic heterocycles. The van der Waals surface area contributed by atoms with Crippen molar-refractivity contribution in [2.24, 2.45) is 5.41 Å². The SMILES string of the molecule is O=C(CCc1c[nH]c2ccccc12)NCC12CCCC=C1NC(=O)CC2. The fourth-order valence-electron chi connectivity index (χ4n) is 4.26. The zero-order valence-electron chi connectivity index (χ0n) is 14.9. The molecule has 2 heterocycles. The number of hydrogen-bond donors (Lipinski definition) is 3. The van der Waals surface area contributed by atoms with Gasteiger partial charge in [0.15, 0.2) is 0 Å². The molecular weight excluding hydrogens is 326 g/mol. The number of carbonyl (C=O) groups is 2. The number of piperidine rings is 1. The minimum Gasteiger partial charge on any atom is -0.361 e. The number of aryl methyl sites for hydroxylation is 1. The molecule has 1 saturated heterocycles. The van der Waals surface area contributed by atoms with Gasteiger partial charge in [-0.25, -0.2) is 0 Å². The van der Waals surface area contributed by atoms with E-state index in [9.17, 15) is 9.59 Å². The summed E-state index contributed by atoms with van der Waals surface area (Å²) in [5, 5.41) is 7.34. The van der Waals surface area contributed by atoms with Gasteiger partial charge < -0.3 is 15.6 Å². The summed E-state index contributed by atoms with van der Waals surface area (Å²) in [7, 11) is 0. The predicted octanol–water partition coefficient (Wildman–Crippen LogP) is 3.18. The molecule has 136 valence electrons. The number of H-pyrrole nitrogens is 1. The zero-order valence-corrected chi connectivity index (χ0v) is 14.9. The lowest BCUT2D eigenvalue weighted by Gasteiger charge is -2.42. The maximum absolute atomic E-state index is 12.4.